The highest BCUT2D eigenvalue weighted by molar-refractivity contribution is 6.35. The van der Waals surface area contributed by atoms with Gasteiger partial charge in [0.25, 0.3) is 0 Å². The van der Waals surface area contributed by atoms with Crippen LogP contribution in [-0.2, 0) is 0 Å². The lowest BCUT2D eigenvalue weighted by Crippen LogP contribution is -1.81. The van der Waals surface area contributed by atoms with Crippen LogP contribution in [0.1, 0.15) is 10.5 Å². The van der Waals surface area contributed by atoms with Gasteiger partial charge in [0.15, 0.2) is 17.7 Å². The summed E-state index contributed by atoms with van der Waals surface area (Å²) in [5.41, 5.74) is 0.347. The van der Waals surface area contributed by atoms with Crippen molar-refractivity contribution in [1.29, 1.82) is 0 Å². The van der Waals surface area contributed by atoms with Gasteiger partial charge in [0, 0.05) is 5.56 Å². The summed E-state index contributed by atoms with van der Waals surface area (Å²) in [5, 5.41) is 3.48. The van der Waals surface area contributed by atoms with Gasteiger partial charge < -0.3 is 4.52 Å². The average Bonchev–Trinajstić information content (AvgIpc) is 2.64. The highest BCUT2D eigenvalue weighted by atomic mass is 35.5. The number of aldehydes is 1. The molecule has 16 heavy (non-hydrogen) atoms. The summed E-state index contributed by atoms with van der Waals surface area (Å²) in [7, 11) is 0. The van der Waals surface area contributed by atoms with Crippen LogP contribution in [0, 0.1) is 5.82 Å². The van der Waals surface area contributed by atoms with Gasteiger partial charge in [0.05, 0.1) is 5.02 Å². The van der Waals surface area contributed by atoms with Gasteiger partial charge in [0.2, 0.25) is 0 Å². The second-order valence-electron chi connectivity index (χ2n) is 2.96. The molecule has 0 amide bonds. The van der Waals surface area contributed by atoms with Crippen LogP contribution in [0.15, 0.2) is 22.7 Å². The second kappa shape index (κ2) is 4.23. The Morgan fingerprint density at radius 2 is 2.12 bits per heavy atom. The zero-order valence-corrected chi connectivity index (χ0v) is 9.22. The van der Waals surface area contributed by atoms with E-state index in [0.29, 0.717) is 11.8 Å². The van der Waals surface area contributed by atoms with Crippen molar-refractivity contribution in [2.24, 2.45) is 0 Å². The summed E-state index contributed by atoms with van der Waals surface area (Å²) in [6.45, 7) is 0. The maximum Gasteiger partial charge on any atom is 0.186 e. The van der Waals surface area contributed by atoms with E-state index >= 15 is 0 Å². The molecule has 0 unspecified atom stereocenters. The molecule has 0 spiro atoms. The number of halogens is 3. The Bertz CT molecular complexity index is 554. The summed E-state index contributed by atoms with van der Waals surface area (Å²) in [6.07, 6.45) is 0.460. The van der Waals surface area contributed by atoms with Gasteiger partial charge in [-0.05, 0) is 18.2 Å². The first-order valence-corrected chi connectivity index (χ1v) is 4.95. The Morgan fingerprint density at radius 3 is 2.69 bits per heavy atom. The molecule has 1 aromatic heterocycles. The van der Waals surface area contributed by atoms with Crippen molar-refractivity contribution >= 4 is 29.5 Å². The summed E-state index contributed by atoms with van der Waals surface area (Å²) in [6, 6.07) is 4.04. The van der Waals surface area contributed by atoms with Crippen molar-refractivity contribution < 1.29 is 13.7 Å². The molecule has 0 aliphatic rings. The maximum atomic E-state index is 13.2. The van der Waals surface area contributed by atoms with Gasteiger partial charge in [-0.2, -0.15) is 0 Å². The molecule has 0 fully saturated rings. The Kier molecular flexibility index (Phi) is 2.94. The van der Waals surface area contributed by atoms with Gasteiger partial charge in [-0.1, -0.05) is 28.4 Å². The molecule has 0 bridgehead atoms. The number of hydrogen-bond acceptors (Lipinski definition) is 3. The largest absolute Gasteiger partial charge is 0.354 e. The fraction of sp³-hybridized carbons (Fsp3) is 0. The van der Waals surface area contributed by atoms with E-state index in [9.17, 15) is 9.18 Å². The third-order valence-corrected chi connectivity index (χ3v) is 2.62. The zero-order valence-electron chi connectivity index (χ0n) is 7.71. The van der Waals surface area contributed by atoms with Crippen molar-refractivity contribution in [2.45, 2.75) is 0 Å². The van der Waals surface area contributed by atoms with Crippen LogP contribution in [0.4, 0.5) is 4.39 Å². The average molecular weight is 260 g/mol. The highest BCUT2D eigenvalue weighted by Crippen LogP contribution is 2.31. The monoisotopic (exact) mass is 259 g/mol. The lowest BCUT2D eigenvalue weighted by atomic mass is 10.1. The standard InChI is InChI=1S/C10H4Cl2FNO2/c11-6-2-1-5(3-7(6)13)10-9(12)8(4-15)14-16-10/h1-4H. The van der Waals surface area contributed by atoms with Crippen LogP contribution in [-0.4, -0.2) is 11.4 Å². The van der Waals surface area contributed by atoms with E-state index in [1.54, 1.807) is 0 Å². The third kappa shape index (κ3) is 1.81. The second-order valence-corrected chi connectivity index (χ2v) is 3.74. The van der Waals surface area contributed by atoms with Crippen LogP contribution in [0.3, 0.4) is 0 Å². The fourth-order valence-electron chi connectivity index (χ4n) is 1.18. The summed E-state index contributed by atoms with van der Waals surface area (Å²) in [5.74, 6) is -0.460. The number of nitrogens with zero attached hydrogens (tertiary/aromatic N) is 1. The minimum atomic E-state index is -0.598. The third-order valence-electron chi connectivity index (χ3n) is 1.95. The number of hydrogen-bond donors (Lipinski definition) is 0. The normalized spacial score (nSPS) is 10.4. The summed E-state index contributed by atoms with van der Waals surface area (Å²) in [4.78, 5) is 10.5. The number of rotatable bonds is 2. The van der Waals surface area contributed by atoms with Crippen molar-refractivity contribution in [2.75, 3.05) is 0 Å². The first-order valence-electron chi connectivity index (χ1n) is 4.19. The summed E-state index contributed by atoms with van der Waals surface area (Å²) < 4.78 is 18.0. The quantitative estimate of drug-likeness (QED) is 0.774. The van der Waals surface area contributed by atoms with Crippen LogP contribution in [0.25, 0.3) is 11.3 Å². The predicted molar refractivity (Wildman–Crippen MR) is 57.3 cm³/mol. The first-order chi connectivity index (χ1) is 7.63. The highest BCUT2D eigenvalue weighted by Gasteiger charge is 2.16. The van der Waals surface area contributed by atoms with Gasteiger partial charge in [0.1, 0.15) is 10.8 Å². The van der Waals surface area contributed by atoms with E-state index in [1.807, 2.05) is 0 Å². The molecule has 2 aromatic rings. The molecule has 1 aromatic carbocycles. The zero-order chi connectivity index (χ0) is 11.7. The van der Waals surface area contributed by atoms with Crippen LogP contribution in [0.2, 0.25) is 10.0 Å². The summed E-state index contributed by atoms with van der Waals surface area (Å²) >= 11 is 11.3. The molecule has 2 rings (SSSR count). The Balaban J connectivity index is 2.54. The molecule has 0 N–H and O–H groups in total. The van der Waals surface area contributed by atoms with Crippen molar-refractivity contribution in [3.63, 3.8) is 0 Å². The Morgan fingerprint density at radius 1 is 1.38 bits per heavy atom. The first kappa shape index (κ1) is 11.1. The number of benzene rings is 1. The van der Waals surface area contributed by atoms with E-state index < -0.39 is 5.82 Å². The molecule has 82 valence electrons. The smallest absolute Gasteiger partial charge is 0.186 e. The molecule has 0 atom stereocenters. The molecule has 3 nitrogen and oxygen atoms in total. The molecular formula is C10H4Cl2FNO2. The Hall–Kier alpha value is -1.39. The van der Waals surface area contributed by atoms with E-state index in [4.69, 9.17) is 27.7 Å². The molecule has 6 heteroatoms. The molecule has 1 heterocycles. The fourth-order valence-corrected chi connectivity index (χ4v) is 1.52. The topological polar surface area (TPSA) is 43.1 Å². The number of aromatic nitrogens is 1. The van der Waals surface area contributed by atoms with E-state index in [-0.39, 0.29) is 21.5 Å². The molecular weight excluding hydrogens is 256 g/mol. The van der Waals surface area contributed by atoms with Gasteiger partial charge in [-0.15, -0.1) is 0 Å². The van der Waals surface area contributed by atoms with Crippen molar-refractivity contribution in [3.05, 3.63) is 39.8 Å². The lowest BCUT2D eigenvalue weighted by Gasteiger charge is -1.98. The molecule has 0 aliphatic carbocycles. The lowest BCUT2D eigenvalue weighted by molar-refractivity contribution is 0.111. The molecule has 0 saturated heterocycles. The van der Waals surface area contributed by atoms with Crippen LogP contribution in [0.5, 0.6) is 0 Å². The number of carbonyl (C=O) groups is 1. The molecule has 0 radical (unpaired) electrons. The van der Waals surface area contributed by atoms with Crippen molar-refractivity contribution in [1.82, 2.24) is 5.16 Å². The van der Waals surface area contributed by atoms with Crippen LogP contribution < -0.4 is 0 Å². The van der Waals surface area contributed by atoms with Crippen LogP contribution >= 0.6 is 23.2 Å². The van der Waals surface area contributed by atoms with Crippen molar-refractivity contribution in [3.8, 4) is 11.3 Å². The van der Waals surface area contributed by atoms with Gasteiger partial charge in [-0.3, -0.25) is 4.79 Å². The molecule has 0 aliphatic heterocycles. The van der Waals surface area contributed by atoms with E-state index in [2.05, 4.69) is 5.16 Å². The number of carbonyl (C=O) groups excluding carboxylic acids is 1. The van der Waals surface area contributed by atoms with Gasteiger partial charge in [-0.25, -0.2) is 4.39 Å². The Labute approximate surface area is 99.8 Å². The minimum Gasteiger partial charge on any atom is -0.354 e. The van der Waals surface area contributed by atoms with E-state index in [1.165, 1.54) is 12.1 Å². The predicted octanol–water partition coefficient (Wildman–Crippen LogP) is 3.60. The SMILES string of the molecule is O=Cc1noc(-c2ccc(Cl)c(F)c2)c1Cl. The van der Waals surface area contributed by atoms with Gasteiger partial charge >= 0.3 is 0 Å². The van der Waals surface area contributed by atoms with E-state index in [0.717, 1.165) is 6.07 Å². The molecule has 0 saturated carbocycles. The minimum absolute atomic E-state index is 0.00463. The maximum absolute atomic E-state index is 13.2.